The van der Waals surface area contributed by atoms with Gasteiger partial charge in [-0.25, -0.2) is 10.1 Å². The fourth-order valence-corrected chi connectivity index (χ4v) is 2.52. The molecule has 3 rings (SSSR count). The first-order valence-corrected chi connectivity index (χ1v) is 8.98. The maximum absolute atomic E-state index is 12.1. The molecule has 0 spiro atoms. The van der Waals surface area contributed by atoms with Crippen LogP contribution in [0.3, 0.4) is 0 Å². The SMILES string of the molecule is COc1cc(/C=N\NC(=O)Cn2nnc3ccccc32)ccc1OCC(C)C. The Labute approximate surface area is 163 Å². The fourth-order valence-electron chi connectivity index (χ4n) is 2.52. The van der Waals surface area contributed by atoms with E-state index < -0.39 is 0 Å². The van der Waals surface area contributed by atoms with Gasteiger partial charge in [0.2, 0.25) is 0 Å². The molecule has 1 amide bonds. The number of amides is 1. The number of rotatable bonds is 8. The molecule has 0 radical (unpaired) electrons. The summed E-state index contributed by atoms with van der Waals surface area (Å²) in [5.74, 6) is 1.42. The average Bonchev–Trinajstić information content (AvgIpc) is 3.09. The average molecular weight is 381 g/mol. The number of nitrogens with one attached hydrogen (secondary N) is 1. The standard InChI is InChI=1S/C20H23N5O3/c1-14(2)13-28-18-9-8-15(10-19(18)27-3)11-21-23-20(26)12-25-17-7-5-4-6-16(17)22-24-25/h4-11,14H,12-13H2,1-3H3,(H,23,26)/b21-11-. The fraction of sp³-hybridized carbons (Fsp3) is 0.300. The van der Waals surface area contributed by atoms with Crippen LogP contribution in [0.5, 0.6) is 11.5 Å². The highest BCUT2D eigenvalue weighted by molar-refractivity contribution is 5.84. The second-order valence-corrected chi connectivity index (χ2v) is 6.64. The number of fused-ring (bicyclic) bond motifs is 1. The van der Waals surface area contributed by atoms with Crippen LogP contribution in [0, 0.1) is 5.92 Å². The minimum atomic E-state index is -0.296. The normalized spacial score (nSPS) is 11.3. The Balaban J connectivity index is 1.59. The van der Waals surface area contributed by atoms with Crippen LogP contribution in [0.4, 0.5) is 0 Å². The number of hydrogen-bond acceptors (Lipinski definition) is 6. The van der Waals surface area contributed by atoms with Gasteiger partial charge in [0.05, 0.1) is 25.4 Å². The predicted molar refractivity (Wildman–Crippen MR) is 107 cm³/mol. The number of carbonyl (C=O) groups excluding carboxylic acids is 1. The summed E-state index contributed by atoms with van der Waals surface area (Å²) in [5.41, 5.74) is 4.81. The van der Waals surface area contributed by atoms with Crippen molar-refractivity contribution < 1.29 is 14.3 Å². The zero-order valence-electron chi connectivity index (χ0n) is 16.1. The van der Waals surface area contributed by atoms with E-state index in [0.717, 1.165) is 16.6 Å². The number of hydrogen-bond donors (Lipinski definition) is 1. The molecule has 0 fully saturated rings. The lowest BCUT2D eigenvalue weighted by Crippen LogP contribution is -2.23. The van der Waals surface area contributed by atoms with E-state index in [1.807, 2.05) is 36.4 Å². The summed E-state index contributed by atoms with van der Waals surface area (Å²) in [7, 11) is 1.59. The Bertz CT molecular complexity index is 981. The first-order valence-electron chi connectivity index (χ1n) is 8.98. The van der Waals surface area contributed by atoms with Crippen molar-refractivity contribution in [1.82, 2.24) is 20.4 Å². The van der Waals surface area contributed by atoms with Crippen LogP contribution in [-0.4, -0.2) is 40.8 Å². The van der Waals surface area contributed by atoms with E-state index >= 15 is 0 Å². The first kappa shape index (κ1) is 19.3. The summed E-state index contributed by atoms with van der Waals surface area (Å²) in [6, 6.07) is 12.9. The molecular formula is C20H23N5O3. The number of aromatic nitrogens is 3. The minimum Gasteiger partial charge on any atom is -0.493 e. The van der Waals surface area contributed by atoms with Crippen molar-refractivity contribution in [1.29, 1.82) is 0 Å². The molecule has 3 aromatic rings. The molecule has 0 bridgehead atoms. The summed E-state index contributed by atoms with van der Waals surface area (Å²) in [6.07, 6.45) is 1.55. The topological polar surface area (TPSA) is 90.6 Å². The van der Waals surface area contributed by atoms with Crippen molar-refractivity contribution in [3.8, 4) is 11.5 Å². The molecule has 0 aliphatic heterocycles. The Kier molecular flexibility index (Phi) is 6.21. The van der Waals surface area contributed by atoms with E-state index in [9.17, 15) is 4.79 Å². The molecule has 28 heavy (non-hydrogen) atoms. The summed E-state index contributed by atoms with van der Waals surface area (Å²) in [4.78, 5) is 12.1. The van der Waals surface area contributed by atoms with Crippen LogP contribution >= 0.6 is 0 Å². The smallest absolute Gasteiger partial charge is 0.261 e. The number of ether oxygens (including phenoxy) is 2. The van der Waals surface area contributed by atoms with Crippen LogP contribution in [0.25, 0.3) is 11.0 Å². The third kappa shape index (κ3) is 4.85. The monoisotopic (exact) mass is 381 g/mol. The molecule has 0 atom stereocenters. The van der Waals surface area contributed by atoms with Gasteiger partial charge in [-0.05, 0) is 41.8 Å². The molecule has 0 aliphatic rings. The lowest BCUT2D eigenvalue weighted by atomic mass is 10.2. The number of carbonyl (C=O) groups is 1. The van der Waals surface area contributed by atoms with Gasteiger partial charge in [-0.3, -0.25) is 4.79 Å². The molecule has 1 heterocycles. The van der Waals surface area contributed by atoms with E-state index in [2.05, 4.69) is 34.7 Å². The van der Waals surface area contributed by atoms with Crippen molar-refractivity contribution in [2.75, 3.05) is 13.7 Å². The van der Waals surface area contributed by atoms with Crippen molar-refractivity contribution in [2.45, 2.75) is 20.4 Å². The molecule has 0 aliphatic carbocycles. The summed E-state index contributed by atoms with van der Waals surface area (Å²) < 4.78 is 12.6. The van der Waals surface area contributed by atoms with Crippen molar-refractivity contribution in [3.63, 3.8) is 0 Å². The van der Waals surface area contributed by atoms with Gasteiger partial charge >= 0.3 is 0 Å². The van der Waals surface area contributed by atoms with Gasteiger partial charge in [-0.2, -0.15) is 5.10 Å². The summed E-state index contributed by atoms with van der Waals surface area (Å²) in [5, 5.41) is 12.0. The lowest BCUT2D eigenvalue weighted by Gasteiger charge is -2.12. The third-order valence-electron chi connectivity index (χ3n) is 3.88. The van der Waals surface area contributed by atoms with Gasteiger partial charge in [0, 0.05) is 0 Å². The summed E-state index contributed by atoms with van der Waals surface area (Å²) in [6.45, 7) is 4.80. The van der Waals surface area contributed by atoms with E-state index in [0.29, 0.717) is 24.0 Å². The van der Waals surface area contributed by atoms with Gasteiger partial charge in [0.1, 0.15) is 12.1 Å². The molecule has 1 aromatic heterocycles. The molecule has 0 saturated heterocycles. The highest BCUT2D eigenvalue weighted by Gasteiger charge is 2.08. The third-order valence-corrected chi connectivity index (χ3v) is 3.88. The van der Waals surface area contributed by atoms with Crippen LogP contribution in [0.1, 0.15) is 19.4 Å². The molecule has 8 heteroatoms. The van der Waals surface area contributed by atoms with Crippen LogP contribution < -0.4 is 14.9 Å². The molecule has 146 valence electrons. The molecule has 2 aromatic carbocycles. The Morgan fingerprint density at radius 2 is 2.07 bits per heavy atom. The van der Waals surface area contributed by atoms with Crippen molar-refractivity contribution in [3.05, 3.63) is 48.0 Å². The molecule has 1 N–H and O–H groups in total. The van der Waals surface area contributed by atoms with Gasteiger partial charge in [0.15, 0.2) is 11.5 Å². The van der Waals surface area contributed by atoms with E-state index in [-0.39, 0.29) is 12.5 Å². The zero-order chi connectivity index (χ0) is 19.9. The van der Waals surface area contributed by atoms with Gasteiger partial charge in [0.25, 0.3) is 5.91 Å². The first-order chi connectivity index (χ1) is 13.6. The van der Waals surface area contributed by atoms with Crippen LogP contribution in [-0.2, 0) is 11.3 Å². The van der Waals surface area contributed by atoms with Crippen LogP contribution in [0.2, 0.25) is 0 Å². The van der Waals surface area contributed by atoms with Crippen molar-refractivity contribution >= 4 is 23.2 Å². The number of methoxy groups -OCH3 is 1. The Morgan fingerprint density at radius 3 is 2.86 bits per heavy atom. The number of para-hydroxylation sites is 1. The number of nitrogens with zero attached hydrogens (tertiary/aromatic N) is 4. The maximum Gasteiger partial charge on any atom is 0.261 e. The second-order valence-electron chi connectivity index (χ2n) is 6.64. The highest BCUT2D eigenvalue weighted by Crippen LogP contribution is 2.27. The quantitative estimate of drug-likeness (QED) is 0.478. The molecular weight excluding hydrogens is 358 g/mol. The second kappa shape index (κ2) is 8.98. The number of benzene rings is 2. The van der Waals surface area contributed by atoms with E-state index in [1.54, 1.807) is 19.4 Å². The van der Waals surface area contributed by atoms with E-state index in [4.69, 9.17) is 9.47 Å². The molecule has 0 saturated carbocycles. The maximum atomic E-state index is 12.1. The molecule has 0 unspecified atom stereocenters. The largest absolute Gasteiger partial charge is 0.493 e. The Hall–Kier alpha value is -3.42. The Morgan fingerprint density at radius 1 is 1.25 bits per heavy atom. The predicted octanol–water partition coefficient (Wildman–Crippen LogP) is 2.62. The van der Waals surface area contributed by atoms with Crippen LogP contribution in [0.15, 0.2) is 47.6 Å². The minimum absolute atomic E-state index is 0.0309. The van der Waals surface area contributed by atoms with Gasteiger partial charge in [-0.1, -0.05) is 31.2 Å². The lowest BCUT2D eigenvalue weighted by molar-refractivity contribution is -0.121. The highest BCUT2D eigenvalue weighted by atomic mass is 16.5. The number of hydrazone groups is 1. The summed E-state index contributed by atoms with van der Waals surface area (Å²) >= 11 is 0. The van der Waals surface area contributed by atoms with Gasteiger partial charge < -0.3 is 9.47 Å². The van der Waals surface area contributed by atoms with E-state index in [1.165, 1.54) is 4.68 Å². The van der Waals surface area contributed by atoms with Crippen molar-refractivity contribution in [2.24, 2.45) is 11.0 Å². The zero-order valence-corrected chi connectivity index (χ0v) is 16.1. The molecule has 8 nitrogen and oxygen atoms in total. The van der Waals surface area contributed by atoms with Gasteiger partial charge in [-0.15, -0.1) is 5.10 Å².